The highest BCUT2D eigenvalue weighted by atomic mass is 19.1. The highest BCUT2D eigenvalue weighted by Crippen LogP contribution is 2.37. The van der Waals surface area contributed by atoms with E-state index in [-0.39, 0.29) is 17.6 Å². The van der Waals surface area contributed by atoms with Crippen molar-refractivity contribution in [1.82, 2.24) is 4.90 Å². The van der Waals surface area contributed by atoms with Crippen molar-refractivity contribution in [2.75, 3.05) is 31.1 Å². The van der Waals surface area contributed by atoms with Crippen molar-refractivity contribution >= 4 is 17.2 Å². The van der Waals surface area contributed by atoms with Crippen LogP contribution in [-0.4, -0.2) is 42.1 Å². The van der Waals surface area contributed by atoms with Crippen molar-refractivity contribution in [3.05, 3.63) is 71.0 Å². The first-order valence-electron chi connectivity index (χ1n) is 10.9. The average Bonchev–Trinajstić information content (AvgIpc) is 3.53. The van der Waals surface area contributed by atoms with Crippen LogP contribution in [0.4, 0.5) is 10.1 Å². The number of rotatable bonds is 5. The Morgan fingerprint density at radius 3 is 2.60 bits per heavy atom. The first-order valence-corrected chi connectivity index (χ1v) is 10.9. The van der Waals surface area contributed by atoms with Crippen molar-refractivity contribution in [3.8, 4) is 0 Å². The lowest BCUT2D eigenvalue weighted by Gasteiger charge is -2.28. The molecule has 1 fully saturated rings. The Morgan fingerprint density at radius 1 is 1.10 bits per heavy atom. The number of aliphatic hydroxyl groups excluding tert-OH is 1. The molecular weight excluding hydrogens is 379 g/mol. The van der Waals surface area contributed by atoms with Gasteiger partial charge >= 0.3 is 0 Å². The molecule has 1 aliphatic carbocycles. The van der Waals surface area contributed by atoms with E-state index in [1.54, 1.807) is 0 Å². The van der Waals surface area contributed by atoms with Gasteiger partial charge in [0.25, 0.3) is 0 Å². The van der Waals surface area contributed by atoms with Gasteiger partial charge in [0.2, 0.25) is 5.91 Å². The zero-order chi connectivity index (χ0) is 20.7. The van der Waals surface area contributed by atoms with Crippen LogP contribution in [0.2, 0.25) is 0 Å². The van der Waals surface area contributed by atoms with E-state index >= 15 is 0 Å². The van der Waals surface area contributed by atoms with Gasteiger partial charge in [0.1, 0.15) is 5.82 Å². The first kappa shape index (κ1) is 19.5. The minimum Gasteiger partial charge on any atom is -0.387 e. The molecule has 2 aliphatic heterocycles. The lowest BCUT2D eigenvalue weighted by atomic mass is 9.98. The van der Waals surface area contributed by atoms with E-state index in [0.717, 1.165) is 67.7 Å². The first-order chi connectivity index (χ1) is 14.6. The summed E-state index contributed by atoms with van der Waals surface area (Å²) in [5.74, 6) is 0.279. The molecule has 1 unspecified atom stereocenters. The topological polar surface area (TPSA) is 43.8 Å². The van der Waals surface area contributed by atoms with E-state index in [9.17, 15) is 14.3 Å². The normalized spacial score (nSPS) is 20.1. The third-order valence-electron chi connectivity index (χ3n) is 6.52. The smallest absolute Gasteiger partial charge is 0.230 e. The maximum Gasteiger partial charge on any atom is 0.230 e. The van der Waals surface area contributed by atoms with Crippen LogP contribution in [0.5, 0.6) is 0 Å². The maximum atomic E-state index is 13.1. The molecule has 30 heavy (non-hydrogen) atoms. The van der Waals surface area contributed by atoms with Gasteiger partial charge in [0.05, 0.1) is 6.10 Å². The van der Waals surface area contributed by atoms with E-state index in [0.29, 0.717) is 6.54 Å². The molecule has 4 nitrogen and oxygen atoms in total. The van der Waals surface area contributed by atoms with Crippen LogP contribution in [0.15, 0.2) is 48.5 Å². The molecule has 156 valence electrons. The Kier molecular flexibility index (Phi) is 5.17. The summed E-state index contributed by atoms with van der Waals surface area (Å²) in [7, 11) is 0. The molecule has 0 aromatic heterocycles. The second-order valence-corrected chi connectivity index (χ2v) is 8.66. The monoisotopic (exact) mass is 406 g/mol. The largest absolute Gasteiger partial charge is 0.387 e. The summed E-state index contributed by atoms with van der Waals surface area (Å²) in [6.07, 6.45) is 5.42. The van der Waals surface area contributed by atoms with Crippen LogP contribution >= 0.6 is 0 Å². The summed E-state index contributed by atoms with van der Waals surface area (Å²) in [6.45, 7) is 2.98. The fourth-order valence-electron chi connectivity index (χ4n) is 4.56. The van der Waals surface area contributed by atoms with Gasteiger partial charge in [-0.25, -0.2) is 4.39 Å². The summed E-state index contributed by atoms with van der Waals surface area (Å²) in [5.41, 5.74) is 5.41. The summed E-state index contributed by atoms with van der Waals surface area (Å²) in [5, 5.41) is 10.8. The van der Waals surface area contributed by atoms with Gasteiger partial charge in [0.15, 0.2) is 0 Å². The number of amides is 1. The minimum atomic E-state index is -0.552. The Morgan fingerprint density at radius 2 is 1.90 bits per heavy atom. The van der Waals surface area contributed by atoms with E-state index in [1.807, 2.05) is 29.2 Å². The third kappa shape index (κ3) is 3.92. The number of aliphatic hydroxyl groups is 1. The van der Waals surface area contributed by atoms with E-state index in [2.05, 4.69) is 17.0 Å². The fraction of sp³-hybridized carbons (Fsp3) is 0.400. The molecule has 0 bridgehead atoms. The number of carbonyl (C=O) groups is 1. The van der Waals surface area contributed by atoms with E-state index < -0.39 is 6.10 Å². The molecule has 1 atom stereocenters. The van der Waals surface area contributed by atoms with Gasteiger partial charge in [-0.2, -0.15) is 0 Å². The molecular formula is C25H27FN2O2. The molecule has 0 spiro atoms. The standard InChI is InChI=1S/C25H27FN2O2/c26-22-6-3-17(4-7-22)18-9-12-27(13-10-18)16-24(29)21-5-8-23-20(15-21)11-14-28(23)25(30)19-1-2-19/h3-9,15,19,24,29H,1-2,10-14,16H2. The number of carbonyl (C=O) groups excluding carboxylic acids is 1. The number of anilines is 1. The lowest BCUT2D eigenvalue weighted by molar-refractivity contribution is -0.119. The highest BCUT2D eigenvalue weighted by Gasteiger charge is 2.36. The number of halogens is 1. The van der Waals surface area contributed by atoms with Crippen molar-refractivity contribution in [2.45, 2.75) is 31.8 Å². The number of nitrogens with zero attached hydrogens (tertiary/aromatic N) is 2. The van der Waals surface area contributed by atoms with Crippen LogP contribution in [0.1, 0.15) is 42.1 Å². The Labute approximate surface area is 176 Å². The number of β-amino-alcohol motifs (C(OH)–C–C–N with tert-alkyl or cyclic N) is 1. The zero-order valence-corrected chi connectivity index (χ0v) is 17.1. The van der Waals surface area contributed by atoms with Gasteiger partial charge in [-0.15, -0.1) is 0 Å². The SMILES string of the molecule is O=C(C1CC1)N1CCc2cc(C(O)CN3CC=C(c4ccc(F)cc4)CC3)ccc21. The second kappa shape index (κ2) is 7.97. The van der Waals surface area contributed by atoms with Crippen LogP contribution < -0.4 is 4.90 Å². The molecule has 2 heterocycles. The summed E-state index contributed by atoms with van der Waals surface area (Å²) in [4.78, 5) is 16.6. The average molecular weight is 407 g/mol. The quantitative estimate of drug-likeness (QED) is 0.818. The van der Waals surface area contributed by atoms with Crippen LogP contribution in [0, 0.1) is 11.7 Å². The van der Waals surface area contributed by atoms with Crippen LogP contribution in [-0.2, 0) is 11.2 Å². The summed E-state index contributed by atoms with van der Waals surface area (Å²) >= 11 is 0. The van der Waals surface area contributed by atoms with Gasteiger partial charge < -0.3 is 10.0 Å². The predicted octanol–water partition coefficient (Wildman–Crippen LogP) is 3.95. The zero-order valence-electron chi connectivity index (χ0n) is 17.1. The van der Waals surface area contributed by atoms with E-state index in [1.165, 1.54) is 17.7 Å². The lowest BCUT2D eigenvalue weighted by Crippen LogP contribution is -2.32. The molecule has 5 heteroatoms. The molecule has 2 aromatic carbocycles. The predicted molar refractivity (Wildman–Crippen MR) is 116 cm³/mol. The molecule has 3 aliphatic rings. The van der Waals surface area contributed by atoms with Gasteiger partial charge in [-0.05, 0) is 66.1 Å². The third-order valence-corrected chi connectivity index (χ3v) is 6.52. The molecule has 1 amide bonds. The van der Waals surface area contributed by atoms with Crippen LogP contribution in [0.3, 0.4) is 0 Å². The summed E-state index contributed by atoms with van der Waals surface area (Å²) in [6, 6.07) is 12.7. The molecule has 1 N–H and O–H groups in total. The molecule has 5 rings (SSSR count). The minimum absolute atomic E-state index is 0.214. The Hall–Kier alpha value is -2.50. The van der Waals surface area contributed by atoms with Crippen molar-refractivity contribution < 1.29 is 14.3 Å². The number of hydrogen-bond donors (Lipinski definition) is 1. The van der Waals surface area contributed by atoms with Gasteiger partial charge in [-0.3, -0.25) is 9.69 Å². The second-order valence-electron chi connectivity index (χ2n) is 8.66. The number of benzene rings is 2. The van der Waals surface area contributed by atoms with Crippen molar-refractivity contribution in [3.63, 3.8) is 0 Å². The van der Waals surface area contributed by atoms with E-state index in [4.69, 9.17) is 0 Å². The Balaban J connectivity index is 1.22. The van der Waals surface area contributed by atoms with Crippen molar-refractivity contribution in [1.29, 1.82) is 0 Å². The molecule has 0 radical (unpaired) electrons. The van der Waals surface area contributed by atoms with Crippen LogP contribution in [0.25, 0.3) is 5.57 Å². The molecule has 1 saturated carbocycles. The van der Waals surface area contributed by atoms with Gasteiger partial charge in [0, 0.05) is 37.8 Å². The number of fused-ring (bicyclic) bond motifs is 1. The van der Waals surface area contributed by atoms with Gasteiger partial charge in [-0.1, -0.05) is 30.3 Å². The Bertz CT molecular complexity index is 981. The fourth-order valence-corrected chi connectivity index (χ4v) is 4.56. The number of hydrogen-bond acceptors (Lipinski definition) is 3. The molecule has 0 saturated heterocycles. The maximum absolute atomic E-state index is 13.1. The highest BCUT2D eigenvalue weighted by molar-refractivity contribution is 5.98. The van der Waals surface area contributed by atoms with Crippen molar-refractivity contribution in [2.24, 2.45) is 5.92 Å². The molecule has 2 aromatic rings. The summed E-state index contributed by atoms with van der Waals surface area (Å²) < 4.78 is 13.1.